The van der Waals surface area contributed by atoms with Crippen molar-refractivity contribution >= 4 is 5.91 Å². The van der Waals surface area contributed by atoms with Crippen LogP contribution in [0.15, 0.2) is 42.1 Å². The van der Waals surface area contributed by atoms with Gasteiger partial charge in [0.15, 0.2) is 0 Å². The number of hydrogen-bond acceptors (Lipinski definition) is 3. The molecule has 1 unspecified atom stereocenters. The van der Waals surface area contributed by atoms with E-state index in [-0.39, 0.29) is 17.5 Å². The Kier molecular flexibility index (Phi) is 6.02. The van der Waals surface area contributed by atoms with E-state index in [9.17, 15) is 10.1 Å². The summed E-state index contributed by atoms with van der Waals surface area (Å²) in [5, 5.41) is 15.3. The summed E-state index contributed by atoms with van der Waals surface area (Å²) in [4.78, 5) is 12.2. The largest absolute Gasteiger partial charge is 0.387 e. The second-order valence-corrected chi connectivity index (χ2v) is 5.78. The highest BCUT2D eigenvalue weighted by Crippen LogP contribution is 2.17. The first-order valence-corrected chi connectivity index (χ1v) is 7.93. The zero-order valence-corrected chi connectivity index (χ0v) is 13.0. The molecule has 2 N–H and O–H groups in total. The highest BCUT2D eigenvalue weighted by Gasteiger charge is 2.15. The molecule has 0 heterocycles. The number of nitrogens with one attached hydrogen (secondary N) is 2. The van der Waals surface area contributed by atoms with Crippen molar-refractivity contribution in [3.8, 4) is 6.07 Å². The molecule has 1 aliphatic rings. The third-order valence-electron chi connectivity index (χ3n) is 4.08. The van der Waals surface area contributed by atoms with Crippen LogP contribution in [-0.2, 0) is 4.79 Å². The van der Waals surface area contributed by atoms with Gasteiger partial charge in [-0.25, -0.2) is 0 Å². The van der Waals surface area contributed by atoms with Gasteiger partial charge in [0.05, 0.1) is 6.04 Å². The number of carbonyl (C=O) groups excluding carboxylic acids is 1. The standard InChI is InChI=1S/C18H23N3O/c1-14(15-8-4-2-5-9-15)21-18(22)16(12-19)13-20-17-10-6-3-7-11-17/h2,4-5,8-9,13-14,17,20H,3,6-7,10-11H2,1H3,(H,21,22)/b16-13-. The predicted molar refractivity (Wildman–Crippen MR) is 86.7 cm³/mol. The Morgan fingerprint density at radius 1 is 1.27 bits per heavy atom. The summed E-state index contributed by atoms with van der Waals surface area (Å²) in [5.41, 5.74) is 1.15. The van der Waals surface area contributed by atoms with Crippen LogP contribution in [0.1, 0.15) is 50.6 Å². The summed E-state index contributed by atoms with van der Waals surface area (Å²) in [6.45, 7) is 1.91. The fraction of sp³-hybridized carbons (Fsp3) is 0.444. The van der Waals surface area contributed by atoms with Crippen LogP contribution >= 0.6 is 0 Å². The molecule has 1 amide bonds. The molecule has 0 spiro atoms. The average Bonchev–Trinajstić information content (AvgIpc) is 2.57. The van der Waals surface area contributed by atoms with Crippen LogP contribution in [0.2, 0.25) is 0 Å². The normalized spacial score (nSPS) is 17.4. The van der Waals surface area contributed by atoms with Crippen LogP contribution in [-0.4, -0.2) is 11.9 Å². The van der Waals surface area contributed by atoms with Crippen molar-refractivity contribution in [3.05, 3.63) is 47.7 Å². The zero-order valence-electron chi connectivity index (χ0n) is 13.0. The van der Waals surface area contributed by atoms with E-state index < -0.39 is 0 Å². The molecule has 1 aromatic rings. The molecule has 0 bridgehead atoms. The second-order valence-electron chi connectivity index (χ2n) is 5.78. The average molecular weight is 297 g/mol. The van der Waals surface area contributed by atoms with Crippen LogP contribution in [0, 0.1) is 11.3 Å². The maximum Gasteiger partial charge on any atom is 0.263 e. The molecule has 116 valence electrons. The molecule has 1 fully saturated rings. The first-order valence-electron chi connectivity index (χ1n) is 7.93. The fourth-order valence-electron chi connectivity index (χ4n) is 2.72. The number of benzene rings is 1. The first kappa shape index (κ1) is 16.1. The summed E-state index contributed by atoms with van der Waals surface area (Å²) in [5.74, 6) is -0.331. The van der Waals surface area contributed by atoms with Crippen LogP contribution in [0.3, 0.4) is 0 Å². The van der Waals surface area contributed by atoms with E-state index in [1.807, 2.05) is 43.3 Å². The maximum atomic E-state index is 12.2. The summed E-state index contributed by atoms with van der Waals surface area (Å²) in [6, 6.07) is 12.0. The highest BCUT2D eigenvalue weighted by atomic mass is 16.1. The van der Waals surface area contributed by atoms with Crippen molar-refractivity contribution in [1.82, 2.24) is 10.6 Å². The topological polar surface area (TPSA) is 64.9 Å². The Morgan fingerprint density at radius 2 is 1.95 bits per heavy atom. The van der Waals surface area contributed by atoms with E-state index in [1.165, 1.54) is 19.3 Å². The molecule has 1 atom stereocenters. The van der Waals surface area contributed by atoms with Gasteiger partial charge in [-0.1, -0.05) is 49.6 Å². The van der Waals surface area contributed by atoms with Gasteiger partial charge < -0.3 is 10.6 Å². The van der Waals surface area contributed by atoms with Gasteiger partial charge in [0.2, 0.25) is 0 Å². The van der Waals surface area contributed by atoms with Crippen LogP contribution in [0.4, 0.5) is 0 Å². The van der Waals surface area contributed by atoms with Gasteiger partial charge in [0.1, 0.15) is 11.6 Å². The minimum atomic E-state index is -0.331. The number of nitrogens with zero attached hydrogens (tertiary/aromatic N) is 1. The lowest BCUT2D eigenvalue weighted by atomic mass is 9.96. The van der Waals surface area contributed by atoms with E-state index in [2.05, 4.69) is 10.6 Å². The molecule has 4 nitrogen and oxygen atoms in total. The molecule has 0 saturated heterocycles. The van der Waals surface area contributed by atoms with Crippen molar-refractivity contribution in [2.75, 3.05) is 0 Å². The Balaban J connectivity index is 1.92. The molecule has 0 radical (unpaired) electrons. The van der Waals surface area contributed by atoms with E-state index in [1.54, 1.807) is 6.20 Å². The lowest BCUT2D eigenvalue weighted by Crippen LogP contribution is -2.31. The van der Waals surface area contributed by atoms with Gasteiger partial charge in [0, 0.05) is 12.2 Å². The fourth-order valence-corrected chi connectivity index (χ4v) is 2.72. The molecule has 1 aromatic carbocycles. The quantitative estimate of drug-likeness (QED) is 0.648. The highest BCUT2D eigenvalue weighted by molar-refractivity contribution is 5.97. The maximum absolute atomic E-state index is 12.2. The van der Waals surface area contributed by atoms with Crippen molar-refractivity contribution in [3.63, 3.8) is 0 Å². The Hall–Kier alpha value is -2.28. The van der Waals surface area contributed by atoms with Crippen molar-refractivity contribution in [2.24, 2.45) is 0 Å². The minimum Gasteiger partial charge on any atom is -0.387 e. The number of nitriles is 1. The molecule has 1 aliphatic carbocycles. The van der Waals surface area contributed by atoms with Crippen molar-refractivity contribution in [1.29, 1.82) is 5.26 Å². The third kappa shape index (κ3) is 4.63. The molecular formula is C18H23N3O. The summed E-state index contributed by atoms with van der Waals surface area (Å²) >= 11 is 0. The van der Waals surface area contributed by atoms with Crippen LogP contribution in [0.25, 0.3) is 0 Å². The van der Waals surface area contributed by atoms with Gasteiger partial charge >= 0.3 is 0 Å². The van der Waals surface area contributed by atoms with Gasteiger partial charge in [-0.05, 0) is 25.3 Å². The lowest BCUT2D eigenvalue weighted by molar-refractivity contribution is -0.117. The first-order chi connectivity index (χ1) is 10.7. The van der Waals surface area contributed by atoms with Gasteiger partial charge in [0.25, 0.3) is 5.91 Å². The van der Waals surface area contributed by atoms with E-state index >= 15 is 0 Å². The zero-order chi connectivity index (χ0) is 15.8. The number of carbonyl (C=O) groups is 1. The van der Waals surface area contributed by atoms with Crippen molar-refractivity contribution < 1.29 is 4.79 Å². The minimum absolute atomic E-state index is 0.125. The molecule has 0 aromatic heterocycles. The van der Waals surface area contributed by atoms with Gasteiger partial charge in [-0.2, -0.15) is 5.26 Å². The summed E-state index contributed by atoms with van der Waals surface area (Å²) < 4.78 is 0. The molecule has 0 aliphatic heterocycles. The molecule has 4 heteroatoms. The number of hydrogen-bond donors (Lipinski definition) is 2. The molecule has 22 heavy (non-hydrogen) atoms. The second kappa shape index (κ2) is 8.23. The van der Waals surface area contributed by atoms with Crippen molar-refractivity contribution in [2.45, 2.75) is 51.1 Å². The monoisotopic (exact) mass is 297 g/mol. The van der Waals surface area contributed by atoms with Gasteiger partial charge in [-0.3, -0.25) is 4.79 Å². The smallest absolute Gasteiger partial charge is 0.263 e. The van der Waals surface area contributed by atoms with E-state index in [4.69, 9.17) is 0 Å². The number of amides is 1. The summed E-state index contributed by atoms with van der Waals surface area (Å²) in [7, 11) is 0. The van der Waals surface area contributed by atoms with Crippen LogP contribution in [0.5, 0.6) is 0 Å². The predicted octanol–water partition coefficient (Wildman–Crippen LogP) is 3.19. The molecular weight excluding hydrogens is 274 g/mol. The molecule has 2 rings (SSSR count). The van der Waals surface area contributed by atoms with Gasteiger partial charge in [-0.15, -0.1) is 0 Å². The van der Waals surface area contributed by atoms with Crippen LogP contribution < -0.4 is 10.6 Å². The third-order valence-corrected chi connectivity index (χ3v) is 4.08. The SMILES string of the molecule is CC(NC(=O)/C(C#N)=C\NC1CCCCC1)c1ccccc1. The Morgan fingerprint density at radius 3 is 2.59 bits per heavy atom. The Bertz CT molecular complexity index is 553. The Labute approximate surface area is 132 Å². The van der Waals surface area contributed by atoms with E-state index in [0.29, 0.717) is 6.04 Å². The van der Waals surface area contributed by atoms with E-state index in [0.717, 1.165) is 18.4 Å². The summed E-state index contributed by atoms with van der Waals surface area (Å²) in [6.07, 6.45) is 7.49. The number of rotatable bonds is 5. The molecule has 1 saturated carbocycles. The lowest BCUT2D eigenvalue weighted by Gasteiger charge is -2.22.